The summed E-state index contributed by atoms with van der Waals surface area (Å²) in [4.78, 5) is 10.9. The Morgan fingerprint density at radius 1 is 0.789 bits per heavy atom. The molecule has 2 nitrogen and oxygen atoms in total. The van der Waals surface area contributed by atoms with Crippen molar-refractivity contribution in [3.63, 3.8) is 0 Å². The van der Waals surface area contributed by atoms with Gasteiger partial charge in [0.15, 0.2) is 0 Å². The maximum absolute atomic E-state index is 10.9. The average molecular weight is 270 g/mol. The van der Waals surface area contributed by atoms with E-state index in [9.17, 15) is 4.79 Å². The number of rotatable bonds is 13. The summed E-state index contributed by atoms with van der Waals surface area (Å²) in [5.41, 5.74) is -0.542. The molecule has 0 saturated heterocycles. The normalized spacial score (nSPS) is 11.7. The third kappa shape index (κ3) is 11.0. The fourth-order valence-electron chi connectivity index (χ4n) is 2.34. The van der Waals surface area contributed by atoms with Crippen molar-refractivity contribution in [2.24, 2.45) is 5.41 Å². The number of unbranched alkanes of at least 4 members (excludes halogenated alkanes) is 10. The molecular weight excluding hydrogens is 236 g/mol. The lowest BCUT2D eigenvalue weighted by molar-refractivity contribution is -0.147. The first-order valence-corrected chi connectivity index (χ1v) is 8.24. The van der Waals surface area contributed by atoms with E-state index in [-0.39, 0.29) is 0 Å². The Labute approximate surface area is 120 Å². The Bertz CT molecular complexity index is 221. The molecule has 0 rings (SSSR count). The Morgan fingerprint density at radius 2 is 1.16 bits per heavy atom. The van der Waals surface area contributed by atoms with E-state index in [1.807, 2.05) is 13.8 Å². The van der Waals surface area contributed by atoms with Crippen LogP contribution in [-0.4, -0.2) is 11.1 Å². The second-order valence-electron chi connectivity index (χ2n) is 6.47. The minimum atomic E-state index is -0.667. The second-order valence-corrected chi connectivity index (χ2v) is 6.47. The van der Waals surface area contributed by atoms with Gasteiger partial charge in [0, 0.05) is 0 Å². The van der Waals surface area contributed by atoms with Crippen molar-refractivity contribution in [3.05, 3.63) is 0 Å². The van der Waals surface area contributed by atoms with Crippen LogP contribution in [0.25, 0.3) is 0 Å². The van der Waals surface area contributed by atoms with Gasteiger partial charge in [0.05, 0.1) is 5.41 Å². The molecule has 0 aromatic rings. The lowest BCUT2D eigenvalue weighted by Gasteiger charge is -2.18. The molecule has 0 aliphatic heterocycles. The molecule has 114 valence electrons. The smallest absolute Gasteiger partial charge is 0.309 e. The lowest BCUT2D eigenvalue weighted by Crippen LogP contribution is -2.23. The molecule has 0 radical (unpaired) electrons. The van der Waals surface area contributed by atoms with Gasteiger partial charge in [0.1, 0.15) is 0 Å². The van der Waals surface area contributed by atoms with Crippen molar-refractivity contribution in [1.29, 1.82) is 0 Å². The van der Waals surface area contributed by atoms with Crippen molar-refractivity contribution < 1.29 is 9.90 Å². The molecule has 19 heavy (non-hydrogen) atoms. The fraction of sp³-hybridized carbons (Fsp3) is 0.941. The average Bonchev–Trinajstić information content (AvgIpc) is 2.35. The summed E-state index contributed by atoms with van der Waals surface area (Å²) in [5.74, 6) is -0.667. The van der Waals surface area contributed by atoms with Crippen molar-refractivity contribution in [3.8, 4) is 0 Å². The Balaban J connectivity index is 3.21. The third-order valence-electron chi connectivity index (χ3n) is 3.98. The number of aliphatic carboxylic acids is 1. The van der Waals surface area contributed by atoms with E-state index in [0.717, 1.165) is 12.8 Å². The zero-order valence-corrected chi connectivity index (χ0v) is 13.3. The molecule has 0 saturated carbocycles. The molecule has 0 aliphatic carbocycles. The molecule has 2 heteroatoms. The Morgan fingerprint density at radius 3 is 1.53 bits per heavy atom. The van der Waals surface area contributed by atoms with Crippen LogP contribution in [0.1, 0.15) is 97.8 Å². The summed E-state index contributed by atoms with van der Waals surface area (Å²) < 4.78 is 0. The van der Waals surface area contributed by atoms with Crippen molar-refractivity contribution in [1.82, 2.24) is 0 Å². The number of hydrogen-bond acceptors (Lipinski definition) is 1. The predicted molar refractivity (Wildman–Crippen MR) is 82.5 cm³/mol. The number of hydrogen-bond donors (Lipinski definition) is 1. The predicted octanol–water partition coefficient (Wildman–Crippen LogP) is 5.80. The highest BCUT2D eigenvalue weighted by atomic mass is 16.4. The van der Waals surface area contributed by atoms with Gasteiger partial charge in [-0.05, 0) is 20.3 Å². The molecule has 0 heterocycles. The molecule has 0 unspecified atom stereocenters. The fourth-order valence-corrected chi connectivity index (χ4v) is 2.34. The van der Waals surface area contributed by atoms with Crippen molar-refractivity contribution in [2.75, 3.05) is 0 Å². The summed E-state index contributed by atoms with van der Waals surface area (Å²) in [5, 5.41) is 9.00. The van der Waals surface area contributed by atoms with Crippen LogP contribution in [0.4, 0.5) is 0 Å². The quantitative estimate of drug-likeness (QED) is 0.429. The van der Waals surface area contributed by atoms with Crippen LogP contribution in [0.3, 0.4) is 0 Å². The zero-order chi connectivity index (χ0) is 14.6. The summed E-state index contributed by atoms with van der Waals surface area (Å²) in [7, 11) is 0. The molecular formula is C17H34O2. The standard InChI is InChI=1S/C17H34O2/c1-4-5-6-7-8-9-10-11-12-13-14-15-17(2,3)16(18)19/h4-15H2,1-3H3,(H,18,19). The van der Waals surface area contributed by atoms with Crippen LogP contribution in [0.2, 0.25) is 0 Å². The number of carboxylic acids is 1. The van der Waals surface area contributed by atoms with E-state index in [4.69, 9.17) is 5.11 Å². The van der Waals surface area contributed by atoms with Crippen molar-refractivity contribution in [2.45, 2.75) is 97.8 Å². The Hall–Kier alpha value is -0.530. The Kier molecular flexibility index (Phi) is 11.0. The summed E-state index contributed by atoms with van der Waals surface area (Å²) in [6.45, 7) is 5.91. The SMILES string of the molecule is CCCCCCCCCCCCCC(C)(C)C(=O)O. The van der Waals surface area contributed by atoms with Gasteiger partial charge in [-0.3, -0.25) is 4.79 Å². The minimum absolute atomic E-state index is 0.542. The second kappa shape index (κ2) is 11.3. The van der Waals surface area contributed by atoms with E-state index in [2.05, 4.69) is 6.92 Å². The van der Waals surface area contributed by atoms with E-state index in [1.54, 1.807) is 0 Å². The van der Waals surface area contributed by atoms with Gasteiger partial charge >= 0.3 is 5.97 Å². The molecule has 0 aromatic carbocycles. The molecule has 0 aliphatic rings. The van der Waals surface area contributed by atoms with Gasteiger partial charge in [-0.1, -0.05) is 77.6 Å². The maximum atomic E-state index is 10.9. The summed E-state index contributed by atoms with van der Waals surface area (Å²) >= 11 is 0. The van der Waals surface area contributed by atoms with Crippen LogP contribution < -0.4 is 0 Å². The number of carboxylic acid groups (broad SMARTS) is 1. The van der Waals surface area contributed by atoms with Gasteiger partial charge in [0.25, 0.3) is 0 Å². The summed E-state index contributed by atoms with van der Waals surface area (Å²) in [6, 6.07) is 0. The van der Waals surface area contributed by atoms with Gasteiger partial charge in [-0.25, -0.2) is 0 Å². The van der Waals surface area contributed by atoms with Gasteiger partial charge in [-0.2, -0.15) is 0 Å². The van der Waals surface area contributed by atoms with Crippen LogP contribution >= 0.6 is 0 Å². The van der Waals surface area contributed by atoms with E-state index >= 15 is 0 Å². The molecule has 1 N–H and O–H groups in total. The molecule has 0 spiro atoms. The monoisotopic (exact) mass is 270 g/mol. The highest BCUT2D eigenvalue weighted by molar-refractivity contribution is 5.73. The first kappa shape index (κ1) is 18.5. The highest BCUT2D eigenvalue weighted by Crippen LogP contribution is 2.24. The van der Waals surface area contributed by atoms with Crippen molar-refractivity contribution >= 4 is 5.97 Å². The van der Waals surface area contributed by atoms with Crippen LogP contribution in [0.5, 0.6) is 0 Å². The third-order valence-corrected chi connectivity index (χ3v) is 3.98. The molecule has 0 fully saturated rings. The maximum Gasteiger partial charge on any atom is 0.309 e. The molecule has 0 atom stereocenters. The topological polar surface area (TPSA) is 37.3 Å². The van der Waals surface area contributed by atoms with E-state index in [1.165, 1.54) is 64.2 Å². The van der Waals surface area contributed by atoms with Crippen LogP contribution in [0, 0.1) is 5.41 Å². The highest BCUT2D eigenvalue weighted by Gasteiger charge is 2.25. The van der Waals surface area contributed by atoms with Crippen LogP contribution in [-0.2, 0) is 4.79 Å². The largest absolute Gasteiger partial charge is 0.481 e. The lowest BCUT2D eigenvalue weighted by atomic mass is 9.87. The molecule has 0 amide bonds. The number of carbonyl (C=O) groups is 1. The first-order chi connectivity index (χ1) is 9.00. The van der Waals surface area contributed by atoms with Gasteiger partial charge < -0.3 is 5.11 Å². The van der Waals surface area contributed by atoms with Gasteiger partial charge in [0.2, 0.25) is 0 Å². The van der Waals surface area contributed by atoms with E-state index < -0.39 is 11.4 Å². The molecule has 0 bridgehead atoms. The van der Waals surface area contributed by atoms with Crippen LogP contribution in [0.15, 0.2) is 0 Å². The summed E-state index contributed by atoms with van der Waals surface area (Å²) in [6.07, 6.45) is 15.3. The zero-order valence-electron chi connectivity index (χ0n) is 13.3. The molecule has 0 aromatic heterocycles. The minimum Gasteiger partial charge on any atom is -0.481 e. The first-order valence-electron chi connectivity index (χ1n) is 8.24. The van der Waals surface area contributed by atoms with Gasteiger partial charge in [-0.15, -0.1) is 0 Å². The van der Waals surface area contributed by atoms with E-state index in [0.29, 0.717) is 0 Å².